The number of carbonyl (C=O) groups excluding carboxylic acids is 1. The maximum Gasteiger partial charge on any atom is 0.322 e. The quantitative estimate of drug-likeness (QED) is 0.344. The highest BCUT2D eigenvalue weighted by atomic mass is 35.5. The number of hydrogen-bond donors (Lipinski definition) is 3. The van der Waals surface area contributed by atoms with Gasteiger partial charge in [0.2, 0.25) is 0 Å². The highest BCUT2D eigenvalue weighted by Crippen LogP contribution is 2.30. The molecular formula is C17H30Cl2N2O4. The van der Waals surface area contributed by atoms with Crippen LogP contribution in [-0.2, 0) is 14.3 Å². The number of esters is 1. The number of hydrogen-bond acceptors (Lipinski definition) is 6. The maximum atomic E-state index is 11.5. The van der Waals surface area contributed by atoms with Crippen molar-refractivity contribution in [3.05, 3.63) is 0 Å². The van der Waals surface area contributed by atoms with Crippen molar-refractivity contribution >= 4 is 29.2 Å². The number of nitrogens with two attached hydrogens (primary N) is 1. The van der Waals surface area contributed by atoms with Crippen molar-refractivity contribution in [1.82, 2.24) is 5.32 Å². The van der Waals surface area contributed by atoms with Crippen LogP contribution in [0.2, 0.25) is 0 Å². The average molecular weight is 397 g/mol. The van der Waals surface area contributed by atoms with Crippen LogP contribution in [0.4, 0.5) is 0 Å². The standard InChI is InChI=1S/C17H30Cl2N2O4/c1-24-17(23)13(20)7-10-5-6-15(22)14(8-10)21-9-25-16-11(18)3-2-4-12(16)19/h10-16,21-22H,2-9,20H2,1H3/t10?,11?,12?,13-,14?,15?,16?/m0/s1. The van der Waals surface area contributed by atoms with Gasteiger partial charge in [0.1, 0.15) is 6.04 Å². The first kappa shape index (κ1) is 21.2. The monoisotopic (exact) mass is 396 g/mol. The molecule has 0 heterocycles. The Labute approximate surface area is 159 Å². The van der Waals surface area contributed by atoms with Crippen LogP contribution in [0.5, 0.6) is 0 Å². The number of aliphatic hydroxyl groups is 1. The fourth-order valence-electron chi connectivity index (χ4n) is 3.81. The fraction of sp³-hybridized carbons (Fsp3) is 0.941. The van der Waals surface area contributed by atoms with E-state index >= 15 is 0 Å². The Morgan fingerprint density at radius 1 is 1.28 bits per heavy atom. The van der Waals surface area contributed by atoms with E-state index < -0.39 is 18.1 Å². The summed E-state index contributed by atoms with van der Waals surface area (Å²) < 4.78 is 10.5. The van der Waals surface area contributed by atoms with Crippen molar-refractivity contribution in [2.45, 2.75) is 80.0 Å². The van der Waals surface area contributed by atoms with Gasteiger partial charge < -0.3 is 20.3 Å². The summed E-state index contributed by atoms with van der Waals surface area (Å²) in [5.41, 5.74) is 5.86. The molecule has 2 aliphatic rings. The van der Waals surface area contributed by atoms with Gasteiger partial charge >= 0.3 is 5.97 Å². The van der Waals surface area contributed by atoms with Gasteiger partial charge in [0.05, 0.1) is 36.8 Å². The third kappa shape index (κ3) is 6.22. The number of carbonyl (C=O) groups is 1. The van der Waals surface area contributed by atoms with Gasteiger partial charge in [-0.2, -0.15) is 0 Å². The van der Waals surface area contributed by atoms with E-state index in [1.165, 1.54) is 7.11 Å². The molecule has 2 aliphatic carbocycles. The van der Waals surface area contributed by atoms with Crippen LogP contribution in [0.15, 0.2) is 0 Å². The number of ether oxygens (including phenoxy) is 2. The van der Waals surface area contributed by atoms with Crippen LogP contribution >= 0.6 is 23.2 Å². The molecule has 2 saturated carbocycles. The molecule has 0 spiro atoms. The molecule has 0 bridgehead atoms. The minimum Gasteiger partial charge on any atom is -0.468 e. The average Bonchev–Trinajstić information content (AvgIpc) is 2.59. The Morgan fingerprint density at radius 3 is 2.60 bits per heavy atom. The predicted molar refractivity (Wildman–Crippen MR) is 97.8 cm³/mol. The van der Waals surface area contributed by atoms with Gasteiger partial charge in [0.15, 0.2) is 0 Å². The first-order valence-corrected chi connectivity index (χ1v) is 9.94. The molecule has 6 atom stereocenters. The van der Waals surface area contributed by atoms with Crippen molar-refractivity contribution < 1.29 is 19.4 Å². The molecule has 0 saturated heterocycles. The lowest BCUT2D eigenvalue weighted by Gasteiger charge is -2.36. The van der Waals surface area contributed by atoms with E-state index in [9.17, 15) is 9.90 Å². The highest BCUT2D eigenvalue weighted by molar-refractivity contribution is 6.24. The zero-order valence-corrected chi connectivity index (χ0v) is 16.2. The van der Waals surface area contributed by atoms with Crippen LogP contribution in [0.3, 0.4) is 0 Å². The zero-order valence-electron chi connectivity index (χ0n) is 14.7. The number of methoxy groups -OCH3 is 1. The van der Waals surface area contributed by atoms with Crippen LogP contribution < -0.4 is 11.1 Å². The molecule has 6 nitrogen and oxygen atoms in total. The molecule has 146 valence electrons. The Morgan fingerprint density at radius 2 is 1.96 bits per heavy atom. The van der Waals surface area contributed by atoms with Gasteiger partial charge in [0.25, 0.3) is 0 Å². The third-order valence-electron chi connectivity index (χ3n) is 5.31. The summed E-state index contributed by atoms with van der Waals surface area (Å²) in [6, 6.07) is -0.701. The SMILES string of the molecule is COC(=O)[C@@H](N)CC1CCC(O)C(NCOC2C(Cl)CCCC2Cl)C1. The summed E-state index contributed by atoms with van der Waals surface area (Å²) in [6.45, 7) is 0.300. The molecule has 0 aromatic heterocycles. The summed E-state index contributed by atoms with van der Waals surface area (Å²) in [5, 5.41) is 13.3. The van der Waals surface area contributed by atoms with Crippen molar-refractivity contribution in [3.8, 4) is 0 Å². The number of aliphatic hydroxyl groups excluding tert-OH is 1. The summed E-state index contributed by atoms with van der Waals surface area (Å²) >= 11 is 12.6. The first-order chi connectivity index (χ1) is 11.9. The summed E-state index contributed by atoms with van der Waals surface area (Å²) in [6.07, 6.45) is 5.08. The molecular weight excluding hydrogens is 367 g/mol. The molecule has 4 N–H and O–H groups in total. The van der Waals surface area contributed by atoms with Crippen LogP contribution in [-0.4, -0.2) is 60.0 Å². The zero-order chi connectivity index (χ0) is 18.4. The van der Waals surface area contributed by atoms with Crippen molar-refractivity contribution in [2.75, 3.05) is 13.8 Å². The molecule has 0 amide bonds. The maximum absolute atomic E-state index is 11.5. The molecule has 5 unspecified atom stereocenters. The molecule has 2 rings (SSSR count). The molecule has 25 heavy (non-hydrogen) atoms. The van der Waals surface area contributed by atoms with E-state index in [-0.39, 0.29) is 28.8 Å². The number of rotatable bonds is 7. The van der Waals surface area contributed by atoms with E-state index in [0.717, 1.165) is 32.1 Å². The summed E-state index contributed by atoms with van der Waals surface area (Å²) in [7, 11) is 1.34. The summed E-state index contributed by atoms with van der Waals surface area (Å²) in [5.74, 6) is -0.121. The second-order valence-electron chi connectivity index (χ2n) is 7.16. The van der Waals surface area contributed by atoms with E-state index in [1.54, 1.807) is 0 Å². The Kier molecular flexibility index (Phi) is 8.72. The lowest BCUT2D eigenvalue weighted by atomic mass is 9.80. The molecule has 8 heteroatoms. The van der Waals surface area contributed by atoms with Gasteiger partial charge in [-0.25, -0.2) is 0 Å². The van der Waals surface area contributed by atoms with E-state index in [1.807, 2.05) is 0 Å². The smallest absolute Gasteiger partial charge is 0.322 e. The lowest BCUT2D eigenvalue weighted by molar-refractivity contribution is -0.142. The largest absolute Gasteiger partial charge is 0.468 e. The van der Waals surface area contributed by atoms with Crippen molar-refractivity contribution in [2.24, 2.45) is 11.7 Å². The van der Waals surface area contributed by atoms with Crippen molar-refractivity contribution in [3.63, 3.8) is 0 Å². The number of nitrogens with one attached hydrogen (secondary N) is 1. The van der Waals surface area contributed by atoms with Gasteiger partial charge in [-0.1, -0.05) is 6.42 Å². The normalized spacial score (nSPS) is 37.5. The predicted octanol–water partition coefficient (Wildman–Crippen LogP) is 1.74. The second kappa shape index (κ2) is 10.3. The van der Waals surface area contributed by atoms with Gasteiger partial charge in [-0.3, -0.25) is 10.1 Å². The fourth-order valence-corrected chi connectivity index (χ4v) is 4.68. The van der Waals surface area contributed by atoms with Crippen LogP contribution in [0.25, 0.3) is 0 Å². The minimum atomic E-state index is -0.613. The second-order valence-corrected chi connectivity index (χ2v) is 8.28. The number of alkyl halides is 2. The Hall–Kier alpha value is -0.110. The summed E-state index contributed by atoms with van der Waals surface area (Å²) in [4.78, 5) is 11.5. The van der Waals surface area contributed by atoms with Crippen LogP contribution in [0.1, 0.15) is 44.9 Å². The van der Waals surface area contributed by atoms with E-state index in [4.69, 9.17) is 33.7 Å². The minimum absolute atomic E-state index is 0.0693. The molecule has 0 aliphatic heterocycles. The van der Waals surface area contributed by atoms with E-state index in [0.29, 0.717) is 19.6 Å². The topological polar surface area (TPSA) is 93.8 Å². The molecule has 0 aromatic carbocycles. The Bertz CT molecular complexity index is 419. The molecule has 0 radical (unpaired) electrons. The lowest BCUT2D eigenvalue weighted by Crippen LogP contribution is -2.48. The Balaban J connectivity index is 1.77. The molecule has 2 fully saturated rings. The van der Waals surface area contributed by atoms with Gasteiger partial charge in [0, 0.05) is 6.04 Å². The highest BCUT2D eigenvalue weighted by Gasteiger charge is 2.34. The first-order valence-electron chi connectivity index (χ1n) is 9.07. The van der Waals surface area contributed by atoms with Crippen molar-refractivity contribution in [1.29, 1.82) is 0 Å². The van der Waals surface area contributed by atoms with Crippen LogP contribution in [0, 0.1) is 5.92 Å². The van der Waals surface area contributed by atoms with E-state index in [2.05, 4.69) is 10.1 Å². The number of halogens is 2. The third-order valence-corrected chi connectivity index (χ3v) is 6.24. The van der Waals surface area contributed by atoms with Gasteiger partial charge in [-0.15, -0.1) is 23.2 Å². The van der Waals surface area contributed by atoms with Gasteiger partial charge in [-0.05, 0) is 44.4 Å². The molecule has 0 aromatic rings.